The molecule has 1 atom stereocenters. The van der Waals surface area contributed by atoms with Gasteiger partial charge in [0.15, 0.2) is 0 Å². The molecular formula is C21H21ClN2O4S. The number of rotatable bonds is 8. The van der Waals surface area contributed by atoms with Crippen LogP contribution in [0.5, 0.6) is 5.75 Å². The van der Waals surface area contributed by atoms with Gasteiger partial charge in [-0.05, 0) is 42.8 Å². The Bertz CT molecular complexity index is 1020. The standard InChI is InChI=1S/C21H21ClN2O4S/c1-14-19(24-21(28-14)16-4-3-5-18(10-16)27-2)12-29(26)13-20(25)23-11-15-6-8-17(22)9-7-15/h3-10H,11-13H2,1-2H3,(H,23,25)/t29-/m0/s1. The fourth-order valence-corrected chi connectivity index (χ4v) is 3.84. The number of methoxy groups -OCH3 is 1. The largest absolute Gasteiger partial charge is 0.497 e. The van der Waals surface area contributed by atoms with Gasteiger partial charge in [-0.2, -0.15) is 0 Å². The maximum Gasteiger partial charge on any atom is 0.232 e. The molecule has 29 heavy (non-hydrogen) atoms. The lowest BCUT2D eigenvalue weighted by atomic mass is 10.2. The molecular weight excluding hydrogens is 412 g/mol. The molecule has 1 amide bonds. The number of aryl methyl sites for hydroxylation is 1. The molecule has 1 heterocycles. The van der Waals surface area contributed by atoms with Crippen LogP contribution in [0.1, 0.15) is 17.0 Å². The summed E-state index contributed by atoms with van der Waals surface area (Å²) in [6, 6.07) is 14.5. The second kappa shape index (κ2) is 9.71. The molecule has 0 bridgehead atoms. The van der Waals surface area contributed by atoms with E-state index in [4.69, 9.17) is 20.8 Å². The number of halogens is 1. The zero-order valence-corrected chi connectivity index (χ0v) is 17.7. The highest BCUT2D eigenvalue weighted by atomic mass is 35.5. The Balaban J connectivity index is 1.56. The third-order valence-corrected chi connectivity index (χ3v) is 5.63. The second-order valence-electron chi connectivity index (χ2n) is 6.39. The van der Waals surface area contributed by atoms with E-state index in [2.05, 4.69) is 10.3 Å². The van der Waals surface area contributed by atoms with E-state index in [1.807, 2.05) is 36.4 Å². The van der Waals surface area contributed by atoms with Gasteiger partial charge in [-0.25, -0.2) is 4.98 Å². The highest BCUT2D eigenvalue weighted by molar-refractivity contribution is 7.84. The molecule has 0 aliphatic rings. The minimum absolute atomic E-state index is 0.103. The molecule has 0 fully saturated rings. The fourth-order valence-electron chi connectivity index (χ4n) is 2.65. The van der Waals surface area contributed by atoms with Gasteiger partial charge in [0.05, 0.1) is 18.6 Å². The van der Waals surface area contributed by atoms with Crippen molar-refractivity contribution in [2.75, 3.05) is 12.9 Å². The molecule has 6 nitrogen and oxygen atoms in total. The van der Waals surface area contributed by atoms with Gasteiger partial charge >= 0.3 is 0 Å². The zero-order valence-electron chi connectivity index (χ0n) is 16.1. The quantitative estimate of drug-likeness (QED) is 0.584. The SMILES string of the molecule is COc1cccc(-c2nc(C[S@](=O)CC(=O)NCc3ccc(Cl)cc3)c(C)o2)c1. The number of aromatic nitrogens is 1. The Morgan fingerprint density at radius 1 is 1.24 bits per heavy atom. The van der Waals surface area contributed by atoms with Crippen molar-refractivity contribution in [2.24, 2.45) is 0 Å². The Morgan fingerprint density at radius 2 is 2.00 bits per heavy atom. The molecule has 3 aromatic rings. The van der Waals surface area contributed by atoms with E-state index in [1.54, 1.807) is 26.2 Å². The third-order valence-electron chi connectivity index (χ3n) is 4.20. The van der Waals surface area contributed by atoms with Crippen LogP contribution in [0.3, 0.4) is 0 Å². The average Bonchev–Trinajstić information content (AvgIpc) is 3.08. The Morgan fingerprint density at radius 3 is 2.72 bits per heavy atom. The molecule has 2 aromatic carbocycles. The number of carbonyl (C=O) groups is 1. The van der Waals surface area contributed by atoms with Crippen molar-refractivity contribution in [3.63, 3.8) is 0 Å². The summed E-state index contributed by atoms with van der Waals surface area (Å²) in [6.07, 6.45) is 0. The molecule has 0 saturated carbocycles. The molecule has 1 N–H and O–H groups in total. The van der Waals surface area contributed by atoms with Gasteiger partial charge in [-0.3, -0.25) is 9.00 Å². The van der Waals surface area contributed by atoms with Crippen molar-refractivity contribution in [2.45, 2.75) is 19.2 Å². The second-order valence-corrected chi connectivity index (χ2v) is 8.28. The molecule has 0 spiro atoms. The summed E-state index contributed by atoms with van der Waals surface area (Å²) >= 11 is 5.84. The Labute approximate surface area is 176 Å². The average molecular weight is 433 g/mol. The van der Waals surface area contributed by atoms with E-state index in [0.29, 0.717) is 34.7 Å². The molecule has 0 unspecified atom stereocenters. The van der Waals surface area contributed by atoms with Gasteiger partial charge in [0.2, 0.25) is 11.8 Å². The van der Waals surface area contributed by atoms with Crippen LogP contribution in [-0.4, -0.2) is 28.0 Å². The maximum absolute atomic E-state index is 12.4. The van der Waals surface area contributed by atoms with E-state index >= 15 is 0 Å². The molecule has 1 aromatic heterocycles. The maximum atomic E-state index is 12.4. The summed E-state index contributed by atoms with van der Waals surface area (Å²) < 4.78 is 23.3. The number of ether oxygens (including phenoxy) is 1. The number of hydrogen-bond donors (Lipinski definition) is 1. The van der Waals surface area contributed by atoms with Gasteiger partial charge in [0.1, 0.15) is 17.3 Å². The van der Waals surface area contributed by atoms with Crippen molar-refractivity contribution in [1.29, 1.82) is 0 Å². The minimum Gasteiger partial charge on any atom is -0.497 e. The van der Waals surface area contributed by atoms with Gasteiger partial charge in [-0.15, -0.1) is 0 Å². The van der Waals surface area contributed by atoms with E-state index in [9.17, 15) is 9.00 Å². The third kappa shape index (κ3) is 5.92. The number of hydrogen-bond acceptors (Lipinski definition) is 5. The van der Waals surface area contributed by atoms with Crippen molar-refractivity contribution in [1.82, 2.24) is 10.3 Å². The van der Waals surface area contributed by atoms with Crippen LogP contribution in [0, 0.1) is 6.92 Å². The Hall–Kier alpha value is -2.64. The van der Waals surface area contributed by atoms with E-state index in [-0.39, 0.29) is 17.4 Å². The monoisotopic (exact) mass is 432 g/mol. The van der Waals surface area contributed by atoms with E-state index in [0.717, 1.165) is 11.1 Å². The lowest BCUT2D eigenvalue weighted by molar-refractivity contribution is -0.118. The van der Waals surface area contributed by atoms with Crippen LogP contribution in [0.25, 0.3) is 11.5 Å². The van der Waals surface area contributed by atoms with Crippen molar-refractivity contribution >= 4 is 28.3 Å². The highest BCUT2D eigenvalue weighted by Crippen LogP contribution is 2.25. The first-order chi connectivity index (χ1) is 13.9. The lowest BCUT2D eigenvalue weighted by Crippen LogP contribution is -2.28. The number of carbonyl (C=O) groups excluding carboxylic acids is 1. The minimum atomic E-state index is -1.40. The molecule has 0 aliphatic carbocycles. The zero-order chi connectivity index (χ0) is 20.8. The summed E-state index contributed by atoms with van der Waals surface area (Å²) in [5.74, 6) is 1.47. The van der Waals surface area contributed by atoms with Gasteiger partial charge in [-0.1, -0.05) is 29.8 Å². The molecule has 0 saturated heterocycles. The summed E-state index contributed by atoms with van der Waals surface area (Å²) in [6.45, 7) is 2.12. The molecule has 0 radical (unpaired) electrons. The van der Waals surface area contributed by atoms with Gasteiger partial charge < -0.3 is 14.5 Å². The fraction of sp³-hybridized carbons (Fsp3) is 0.238. The number of oxazole rings is 1. The summed E-state index contributed by atoms with van der Waals surface area (Å²) in [4.78, 5) is 16.5. The topological polar surface area (TPSA) is 81.4 Å². The van der Waals surface area contributed by atoms with Crippen LogP contribution < -0.4 is 10.1 Å². The Kier molecular flexibility index (Phi) is 7.06. The van der Waals surface area contributed by atoms with Gasteiger partial charge in [0.25, 0.3) is 0 Å². The van der Waals surface area contributed by atoms with Crippen LogP contribution in [0.2, 0.25) is 5.02 Å². The van der Waals surface area contributed by atoms with Crippen LogP contribution >= 0.6 is 11.6 Å². The number of benzene rings is 2. The summed E-state index contributed by atoms with van der Waals surface area (Å²) in [7, 11) is 0.187. The normalized spacial score (nSPS) is 11.8. The summed E-state index contributed by atoms with van der Waals surface area (Å²) in [5.41, 5.74) is 2.26. The predicted molar refractivity (Wildman–Crippen MR) is 113 cm³/mol. The smallest absolute Gasteiger partial charge is 0.232 e. The first-order valence-corrected chi connectivity index (χ1v) is 10.8. The molecule has 0 aliphatic heterocycles. The van der Waals surface area contributed by atoms with Crippen molar-refractivity contribution in [3.05, 3.63) is 70.6 Å². The van der Waals surface area contributed by atoms with Crippen LogP contribution in [0.15, 0.2) is 52.9 Å². The number of amides is 1. The van der Waals surface area contributed by atoms with Crippen molar-refractivity contribution < 1.29 is 18.2 Å². The van der Waals surface area contributed by atoms with Crippen molar-refractivity contribution in [3.8, 4) is 17.2 Å². The summed E-state index contributed by atoms with van der Waals surface area (Å²) in [5, 5.41) is 3.40. The van der Waals surface area contributed by atoms with Crippen LogP contribution in [-0.2, 0) is 27.9 Å². The molecule has 152 valence electrons. The van der Waals surface area contributed by atoms with E-state index < -0.39 is 10.8 Å². The first-order valence-electron chi connectivity index (χ1n) is 8.91. The predicted octanol–water partition coefficient (Wildman–Crippen LogP) is 3.88. The van der Waals surface area contributed by atoms with Crippen LogP contribution in [0.4, 0.5) is 0 Å². The highest BCUT2D eigenvalue weighted by Gasteiger charge is 2.16. The van der Waals surface area contributed by atoms with E-state index in [1.165, 1.54) is 0 Å². The first kappa shape index (κ1) is 21.1. The number of nitrogens with zero attached hydrogens (tertiary/aromatic N) is 1. The molecule has 3 rings (SSSR count). The number of nitrogens with one attached hydrogen (secondary N) is 1. The molecule has 8 heteroatoms. The lowest BCUT2D eigenvalue weighted by Gasteiger charge is -2.05. The van der Waals surface area contributed by atoms with Gasteiger partial charge in [0, 0.05) is 27.9 Å².